The van der Waals surface area contributed by atoms with Crippen molar-refractivity contribution in [2.45, 2.75) is 26.2 Å². The standard InChI is InChI=1S/C10H16O/c1-4-5-6-10(7-8-11)9(2)3/h4,8,10H,1-2,5-7H2,3H3. The summed E-state index contributed by atoms with van der Waals surface area (Å²) in [6.07, 6.45) is 5.40. The molecule has 1 heteroatoms. The molecule has 0 saturated carbocycles. The van der Waals surface area contributed by atoms with E-state index in [1.807, 2.05) is 13.0 Å². The van der Waals surface area contributed by atoms with Crippen LogP contribution in [0.15, 0.2) is 24.8 Å². The quantitative estimate of drug-likeness (QED) is 0.422. The van der Waals surface area contributed by atoms with Gasteiger partial charge in [0.05, 0.1) is 0 Å². The van der Waals surface area contributed by atoms with E-state index in [-0.39, 0.29) is 0 Å². The first kappa shape index (κ1) is 10.2. The van der Waals surface area contributed by atoms with Crippen molar-refractivity contribution in [1.82, 2.24) is 0 Å². The van der Waals surface area contributed by atoms with Crippen molar-refractivity contribution in [1.29, 1.82) is 0 Å². The molecule has 0 radical (unpaired) electrons. The molecule has 0 aromatic carbocycles. The average molecular weight is 152 g/mol. The normalized spacial score (nSPS) is 12.1. The van der Waals surface area contributed by atoms with Gasteiger partial charge >= 0.3 is 0 Å². The molecule has 11 heavy (non-hydrogen) atoms. The third-order valence-corrected chi connectivity index (χ3v) is 1.80. The second kappa shape index (κ2) is 5.90. The lowest BCUT2D eigenvalue weighted by molar-refractivity contribution is -0.108. The third-order valence-electron chi connectivity index (χ3n) is 1.80. The predicted octanol–water partition coefficient (Wildman–Crippen LogP) is 2.73. The fourth-order valence-electron chi connectivity index (χ4n) is 1.00. The molecule has 0 rings (SSSR count). The van der Waals surface area contributed by atoms with Crippen molar-refractivity contribution in [3.05, 3.63) is 24.8 Å². The first-order chi connectivity index (χ1) is 5.22. The summed E-state index contributed by atoms with van der Waals surface area (Å²) < 4.78 is 0. The molecule has 62 valence electrons. The van der Waals surface area contributed by atoms with Gasteiger partial charge in [0.25, 0.3) is 0 Å². The predicted molar refractivity (Wildman–Crippen MR) is 48.4 cm³/mol. The summed E-state index contributed by atoms with van der Waals surface area (Å²) in [5.41, 5.74) is 1.10. The van der Waals surface area contributed by atoms with Gasteiger partial charge < -0.3 is 4.79 Å². The van der Waals surface area contributed by atoms with Crippen LogP contribution in [0.1, 0.15) is 26.2 Å². The Hall–Kier alpha value is -0.850. The van der Waals surface area contributed by atoms with Crippen molar-refractivity contribution in [3.63, 3.8) is 0 Å². The molecule has 0 spiro atoms. The number of carbonyl (C=O) groups is 1. The summed E-state index contributed by atoms with van der Waals surface area (Å²) in [6.45, 7) is 9.44. The van der Waals surface area contributed by atoms with Crippen LogP contribution < -0.4 is 0 Å². The van der Waals surface area contributed by atoms with Crippen molar-refractivity contribution in [2.75, 3.05) is 0 Å². The van der Waals surface area contributed by atoms with Crippen LogP contribution in [0.5, 0.6) is 0 Å². The number of hydrogen-bond donors (Lipinski definition) is 0. The first-order valence-electron chi connectivity index (χ1n) is 3.92. The van der Waals surface area contributed by atoms with E-state index < -0.39 is 0 Å². The third kappa shape index (κ3) is 4.54. The molecule has 0 amide bonds. The Labute approximate surface area is 68.8 Å². The Balaban J connectivity index is 3.77. The van der Waals surface area contributed by atoms with E-state index in [1.165, 1.54) is 0 Å². The summed E-state index contributed by atoms with van der Waals surface area (Å²) in [7, 11) is 0. The number of rotatable bonds is 6. The van der Waals surface area contributed by atoms with Crippen LogP contribution in [-0.2, 0) is 4.79 Å². The molecule has 0 aliphatic rings. The van der Waals surface area contributed by atoms with Gasteiger partial charge in [-0.1, -0.05) is 18.2 Å². The molecule has 1 nitrogen and oxygen atoms in total. The zero-order valence-electron chi connectivity index (χ0n) is 7.18. The second-order valence-electron chi connectivity index (χ2n) is 2.81. The molecule has 0 fully saturated rings. The summed E-state index contributed by atoms with van der Waals surface area (Å²) in [6, 6.07) is 0. The van der Waals surface area contributed by atoms with Gasteiger partial charge in [-0.15, -0.1) is 6.58 Å². The summed E-state index contributed by atoms with van der Waals surface area (Å²) in [4.78, 5) is 10.2. The maximum atomic E-state index is 10.2. The van der Waals surface area contributed by atoms with Crippen molar-refractivity contribution in [2.24, 2.45) is 5.92 Å². The molecule has 0 aromatic rings. The van der Waals surface area contributed by atoms with Gasteiger partial charge in [-0.25, -0.2) is 0 Å². The fraction of sp³-hybridized carbons (Fsp3) is 0.500. The van der Waals surface area contributed by atoms with Gasteiger partial charge in [0.15, 0.2) is 0 Å². The maximum Gasteiger partial charge on any atom is 0.120 e. The van der Waals surface area contributed by atoms with Gasteiger partial charge in [0.2, 0.25) is 0 Å². The van der Waals surface area contributed by atoms with Crippen molar-refractivity contribution >= 4 is 6.29 Å². The Morgan fingerprint density at radius 2 is 2.27 bits per heavy atom. The minimum absolute atomic E-state index is 0.352. The van der Waals surface area contributed by atoms with E-state index in [1.54, 1.807) is 0 Å². The van der Waals surface area contributed by atoms with Crippen LogP contribution in [0.4, 0.5) is 0 Å². The van der Waals surface area contributed by atoms with Gasteiger partial charge in [-0.2, -0.15) is 0 Å². The van der Waals surface area contributed by atoms with Crippen LogP contribution in [0.25, 0.3) is 0 Å². The van der Waals surface area contributed by atoms with Gasteiger partial charge in [-0.05, 0) is 25.7 Å². The van der Waals surface area contributed by atoms with Gasteiger partial charge in [-0.3, -0.25) is 0 Å². The molecule has 0 bridgehead atoms. The molecular formula is C10H16O. The monoisotopic (exact) mass is 152 g/mol. The SMILES string of the molecule is C=CCCC(CC=O)C(=C)C. The zero-order valence-corrected chi connectivity index (χ0v) is 7.18. The lowest BCUT2D eigenvalue weighted by Gasteiger charge is -2.11. The molecule has 0 saturated heterocycles. The fourth-order valence-corrected chi connectivity index (χ4v) is 1.00. The highest BCUT2D eigenvalue weighted by Crippen LogP contribution is 2.17. The number of allylic oxidation sites excluding steroid dienone is 2. The molecule has 0 aromatic heterocycles. The average Bonchev–Trinajstić information content (AvgIpc) is 1.97. The second-order valence-corrected chi connectivity index (χ2v) is 2.81. The molecule has 0 N–H and O–H groups in total. The molecule has 0 aliphatic heterocycles. The highest BCUT2D eigenvalue weighted by Gasteiger charge is 2.06. The van der Waals surface area contributed by atoms with E-state index in [2.05, 4.69) is 13.2 Å². The first-order valence-corrected chi connectivity index (χ1v) is 3.92. The van der Waals surface area contributed by atoms with Crippen molar-refractivity contribution in [3.8, 4) is 0 Å². The van der Waals surface area contributed by atoms with E-state index in [4.69, 9.17) is 0 Å². The smallest absolute Gasteiger partial charge is 0.120 e. The Morgan fingerprint density at radius 3 is 2.64 bits per heavy atom. The van der Waals surface area contributed by atoms with Crippen LogP contribution in [0, 0.1) is 5.92 Å². The molecule has 0 aliphatic carbocycles. The number of aldehydes is 1. The van der Waals surface area contributed by atoms with Crippen LogP contribution in [-0.4, -0.2) is 6.29 Å². The molecular weight excluding hydrogens is 136 g/mol. The van der Waals surface area contributed by atoms with Gasteiger partial charge in [0.1, 0.15) is 6.29 Å². The van der Waals surface area contributed by atoms with E-state index in [0.717, 1.165) is 24.7 Å². The van der Waals surface area contributed by atoms with E-state index in [9.17, 15) is 4.79 Å². The highest BCUT2D eigenvalue weighted by atomic mass is 16.1. The highest BCUT2D eigenvalue weighted by molar-refractivity contribution is 5.50. The molecule has 0 heterocycles. The Bertz CT molecular complexity index is 147. The van der Waals surface area contributed by atoms with Crippen LogP contribution >= 0.6 is 0 Å². The topological polar surface area (TPSA) is 17.1 Å². The maximum absolute atomic E-state index is 10.2. The van der Waals surface area contributed by atoms with Gasteiger partial charge in [0, 0.05) is 6.42 Å². The minimum atomic E-state index is 0.352. The van der Waals surface area contributed by atoms with Crippen LogP contribution in [0.3, 0.4) is 0 Å². The Morgan fingerprint density at radius 1 is 1.64 bits per heavy atom. The Kier molecular flexibility index (Phi) is 5.44. The van der Waals surface area contributed by atoms with Crippen LogP contribution in [0.2, 0.25) is 0 Å². The van der Waals surface area contributed by atoms with E-state index in [0.29, 0.717) is 12.3 Å². The zero-order chi connectivity index (χ0) is 8.69. The number of carbonyl (C=O) groups excluding carboxylic acids is 1. The lowest BCUT2D eigenvalue weighted by Crippen LogP contribution is -2.01. The summed E-state index contributed by atoms with van der Waals surface area (Å²) >= 11 is 0. The van der Waals surface area contributed by atoms with Crippen molar-refractivity contribution < 1.29 is 4.79 Å². The molecule has 1 unspecified atom stereocenters. The number of hydrogen-bond acceptors (Lipinski definition) is 1. The molecule has 1 atom stereocenters. The summed E-state index contributed by atoms with van der Waals surface area (Å²) in [5, 5.41) is 0. The minimum Gasteiger partial charge on any atom is -0.303 e. The van der Waals surface area contributed by atoms with E-state index >= 15 is 0 Å². The largest absolute Gasteiger partial charge is 0.303 e. The lowest BCUT2D eigenvalue weighted by atomic mass is 9.94. The summed E-state index contributed by atoms with van der Waals surface area (Å²) in [5.74, 6) is 0.352.